The van der Waals surface area contributed by atoms with Crippen molar-refractivity contribution in [3.8, 4) is 0 Å². The number of carbonyl (C=O) groups is 1. The molecule has 0 heterocycles. The summed E-state index contributed by atoms with van der Waals surface area (Å²) in [6.07, 6.45) is 30.5. The van der Waals surface area contributed by atoms with Gasteiger partial charge in [0, 0.05) is 0 Å². The first kappa shape index (κ1) is 46.2. The number of carbonyl (C=O) groups excluding carboxylic acids is 1. The molecule has 1 amide bonds. The highest BCUT2D eigenvalue weighted by atomic mass is 31.2. The van der Waals surface area contributed by atoms with Gasteiger partial charge in [-0.1, -0.05) is 167 Å². The standard InChI is InChI=1S/C39H79N2O7P/c1-6-8-10-12-14-16-18-20-22-23-25-27-29-31-37(42)36(35-48-49(45,46)47-34-33-41(3,4)5)40-39(44)38(43)32-30-28-26-24-21-19-17-15-13-11-9-7-2/h29,31,36-38,42-43H,6-28,30,32-35H2,1-5H3,(H-,40,44,45,46)/b31-29+/t36-,37+,38?/m0/s1/i43D. The zero-order valence-corrected chi connectivity index (χ0v) is 33.4. The summed E-state index contributed by atoms with van der Waals surface area (Å²) in [6.45, 7) is 4.40. The van der Waals surface area contributed by atoms with E-state index >= 15 is 0 Å². The predicted molar refractivity (Wildman–Crippen MR) is 202 cm³/mol. The molecule has 0 aromatic rings. The van der Waals surface area contributed by atoms with Crippen LogP contribution in [0.25, 0.3) is 0 Å². The van der Waals surface area contributed by atoms with Crippen LogP contribution in [-0.4, -0.2) is 81.2 Å². The van der Waals surface area contributed by atoms with Crippen LogP contribution in [0.4, 0.5) is 0 Å². The fourth-order valence-electron chi connectivity index (χ4n) is 5.73. The fraction of sp³-hybridized carbons (Fsp3) is 0.923. The molecule has 0 aromatic carbocycles. The summed E-state index contributed by atoms with van der Waals surface area (Å²) in [5.41, 5.74) is 0. The zero-order chi connectivity index (χ0) is 37.4. The third-order valence-corrected chi connectivity index (χ3v) is 10.0. The van der Waals surface area contributed by atoms with Crippen molar-refractivity contribution in [1.82, 2.24) is 5.32 Å². The van der Waals surface area contributed by atoms with Gasteiger partial charge in [0.25, 0.3) is 7.82 Å². The van der Waals surface area contributed by atoms with E-state index in [1.807, 2.05) is 27.2 Å². The first-order chi connectivity index (χ1) is 24.0. The van der Waals surface area contributed by atoms with E-state index in [0.717, 1.165) is 44.9 Å². The maximum atomic E-state index is 13.1. The minimum atomic E-state index is -4.66. The van der Waals surface area contributed by atoms with Crippen LogP contribution in [-0.2, 0) is 18.4 Å². The molecule has 0 bridgehead atoms. The first-order valence-corrected chi connectivity index (χ1v) is 21.6. The molecular formula is C39H79N2O7P. The summed E-state index contributed by atoms with van der Waals surface area (Å²) < 4.78 is 30.6. The molecule has 0 radical (unpaired) electrons. The zero-order valence-electron chi connectivity index (χ0n) is 33.5. The smallest absolute Gasteiger partial charge is 0.268 e. The molecule has 2 unspecified atom stereocenters. The van der Waals surface area contributed by atoms with Crippen LogP contribution in [0.3, 0.4) is 0 Å². The minimum absolute atomic E-state index is 0.0451. The van der Waals surface area contributed by atoms with E-state index in [-0.39, 0.29) is 6.61 Å². The third kappa shape index (κ3) is 32.8. The van der Waals surface area contributed by atoms with E-state index in [0.29, 0.717) is 17.4 Å². The SMILES string of the molecule is [2H]OC(CCCCCCCCCCCCCC)C(=O)N[C@@H](COP(=O)([O-])OCC[N+](C)(C)C)[C@H](O)/C=C/CCCCCCCCCCCCC. The summed E-state index contributed by atoms with van der Waals surface area (Å²) in [4.78, 5) is 25.5. The van der Waals surface area contributed by atoms with Gasteiger partial charge in [-0.25, -0.2) is 0 Å². The van der Waals surface area contributed by atoms with Crippen LogP contribution < -0.4 is 10.2 Å². The molecule has 49 heavy (non-hydrogen) atoms. The molecule has 0 aliphatic heterocycles. The van der Waals surface area contributed by atoms with Gasteiger partial charge >= 0.3 is 0 Å². The second-order valence-electron chi connectivity index (χ2n) is 15.1. The maximum absolute atomic E-state index is 13.1. The van der Waals surface area contributed by atoms with Crippen molar-refractivity contribution in [3.05, 3.63) is 12.2 Å². The van der Waals surface area contributed by atoms with Gasteiger partial charge in [-0.05, 0) is 19.3 Å². The van der Waals surface area contributed by atoms with Crippen LogP contribution in [0.5, 0.6) is 0 Å². The molecule has 0 rings (SSSR count). The van der Waals surface area contributed by atoms with Crippen LogP contribution in [0.15, 0.2) is 12.2 Å². The Labute approximate surface area is 303 Å². The lowest BCUT2D eigenvalue weighted by molar-refractivity contribution is -0.870. The van der Waals surface area contributed by atoms with E-state index in [1.54, 1.807) is 6.08 Å². The van der Waals surface area contributed by atoms with Gasteiger partial charge in [0.1, 0.15) is 19.3 Å². The van der Waals surface area contributed by atoms with Crippen LogP contribution >= 0.6 is 7.82 Å². The highest BCUT2D eigenvalue weighted by molar-refractivity contribution is 7.45. The summed E-state index contributed by atoms with van der Waals surface area (Å²) >= 11 is 0. The monoisotopic (exact) mass is 720 g/mol. The number of likely N-dealkylation sites (N-methyl/N-ethyl adjacent to an activating group) is 1. The number of hydrogen-bond acceptors (Lipinski definition) is 7. The normalized spacial score (nSPS) is 15.6. The lowest BCUT2D eigenvalue weighted by Crippen LogP contribution is -2.49. The van der Waals surface area contributed by atoms with Crippen LogP contribution in [0, 0.1) is 0 Å². The van der Waals surface area contributed by atoms with E-state index < -0.39 is 38.6 Å². The van der Waals surface area contributed by atoms with Crippen LogP contribution in [0.2, 0.25) is 0 Å². The second-order valence-corrected chi connectivity index (χ2v) is 16.5. The molecule has 0 fully saturated rings. The van der Waals surface area contributed by atoms with Gasteiger partial charge in [0.05, 0.1) is 39.9 Å². The summed E-state index contributed by atoms with van der Waals surface area (Å²) in [5, 5.41) is 18.4. The molecule has 9 nitrogen and oxygen atoms in total. The highest BCUT2D eigenvalue weighted by Crippen LogP contribution is 2.38. The third-order valence-electron chi connectivity index (χ3n) is 9.08. The molecule has 4 atom stereocenters. The molecule has 0 aliphatic rings. The Morgan fingerprint density at radius 2 is 1.22 bits per heavy atom. The van der Waals surface area contributed by atoms with E-state index in [4.69, 9.17) is 15.6 Å². The van der Waals surface area contributed by atoms with E-state index in [9.17, 15) is 19.4 Å². The average molecular weight is 720 g/mol. The van der Waals surface area contributed by atoms with Crippen molar-refractivity contribution < 1.29 is 38.0 Å². The predicted octanol–water partition coefficient (Wildman–Crippen LogP) is 8.75. The number of quaternary nitrogens is 1. The molecule has 10 heteroatoms. The molecule has 0 aromatic heterocycles. The number of phosphoric acid groups is 1. The van der Waals surface area contributed by atoms with Crippen LogP contribution in [0.1, 0.15) is 174 Å². The topological polar surface area (TPSA) is 128 Å². The van der Waals surface area contributed by atoms with Crippen molar-refractivity contribution in [2.45, 2.75) is 193 Å². The lowest BCUT2D eigenvalue weighted by Gasteiger charge is -2.29. The molecule has 3 N–H and O–H groups in total. The number of aliphatic hydroxyl groups is 2. The Balaban J connectivity index is 4.77. The van der Waals surface area contributed by atoms with Crippen molar-refractivity contribution in [1.29, 1.82) is 1.43 Å². The number of hydrogen-bond donors (Lipinski definition) is 3. The Morgan fingerprint density at radius 3 is 1.67 bits per heavy atom. The maximum Gasteiger partial charge on any atom is 0.268 e. The number of nitrogens with zero attached hydrogens (tertiary/aromatic N) is 1. The van der Waals surface area contributed by atoms with Crippen molar-refractivity contribution in [2.75, 3.05) is 40.9 Å². The second kappa shape index (κ2) is 31.9. The Hall–Kier alpha value is -0.800. The number of phosphoric ester groups is 1. The molecule has 0 saturated carbocycles. The summed E-state index contributed by atoms with van der Waals surface area (Å²) in [6, 6.07) is -1.06. The molecule has 292 valence electrons. The van der Waals surface area contributed by atoms with Gasteiger partial charge in [-0.3, -0.25) is 9.36 Å². The number of allylic oxidation sites excluding steroid dienone is 1. The Kier molecular flexibility index (Phi) is 30.1. The molecule has 0 spiro atoms. The minimum Gasteiger partial charge on any atom is -0.756 e. The van der Waals surface area contributed by atoms with Crippen molar-refractivity contribution in [3.63, 3.8) is 0 Å². The number of aliphatic hydroxyl groups excluding tert-OH is 2. The van der Waals surface area contributed by atoms with Gasteiger partial charge in [-0.2, -0.15) is 0 Å². The molecular weight excluding hydrogens is 639 g/mol. The quantitative estimate of drug-likeness (QED) is 0.0254. The fourth-order valence-corrected chi connectivity index (χ4v) is 6.46. The Bertz CT molecular complexity index is 859. The number of amides is 1. The van der Waals surface area contributed by atoms with E-state index in [2.05, 4.69) is 19.2 Å². The number of rotatable bonds is 37. The average Bonchev–Trinajstić information content (AvgIpc) is 3.06. The number of unbranched alkanes of at least 4 members (excludes halogenated alkanes) is 22. The molecule has 0 saturated heterocycles. The number of nitrogens with one attached hydrogen (secondary N) is 1. The molecule has 0 aliphatic carbocycles. The first-order valence-electron chi connectivity index (χ1n) is 20.5. The van der Waals surface area contributed by atoms with Crippen molar-refractivity contribution >= 4 is 13.7 Å². The van der Waals surface area contributed by atoms with E-state index in [1.165, 1.54) is 109 Å². The summed E-state index contributed by atoms with van der Waals surface area (Å²) in [5.74, 6) is -0.568. The Morgan fingerprint density at radius 1 is 0.776 bits per heavy atom. The van der Waals surface area contributed by atoms with Gasteiger partial charge in [0.15, 0.2) is 0 Å². The largest absolute Gasteiger partial charge is 0.756 e. The van der Waals surface area contributed by atoms with Crippen molar-refractivity contribution in [2.24, 2.45) is 0 Å². The van der Waals surface area contributed by atoms with Gasteiger partial charge in [0.2, 0.25) is 7.34 Å². The van der Waals surface area contributed by atoms with Gasteiger partial charge in [-0.15, -0.1) is 0 Å². The van der Waals surface area contributed by atoms with Gasteiger partial charge < -0.3 is 34.0 Å². The highest BCUT2D eigenvalue weighted by Gasteiger charge is 2.25. The lowest BCUT2D eigenvalue weighted by atomic mass is 10.0. The summed E-state index contributed by atoms with van der Waals surface area (Å²) in [7, 11) is 1.11.